The lowest BCUT2D eigenvalue weighted by atomic mass is 9.99. The van der Waals surface area contributed by atoms with Crippen molar-refractivity contribution in [3.63, 3.8) is 0 Å². The molecule has 0 saturated carbocycles. The highest BCUT2D eigenvalue weighted by atomic mass is 16.4. The number of hydrogen-bond donors (Lipinski definition) is 3. The fourth-order valence-corrected chi connectivity index (χ4v) is 2.50. The maximum Gasteiger partial charge on any atom is 0.192 e. The number of nitrogens with zero attached hydrogens (tertiary/aromatic N) is 4. The van der Waals surface area contributed by atoms with Crippen molar-refractivity contribution in [3.05, 3.63) is 18.1 Å². The molecule has 19 heavy (non-hydrogen) atoms. The maximum absolute atomic E-state index is 9.16. The zero-order valence-corrected chi connectivity index (χ0v) is 10.7. The number of rotatable bonds is 4. The minimum Gasteiger partial charge on any atom is -0.409 e. The molecule has 0 spiro atoms. The number of anilines is 1. The van der Waals surface area contributed by atoms with Crippen molar-refractivity contribution in [2.75, 3.05) is 18.1 Å². The number of piperidine rings is 1. The van der Waals surface area contributed by atoms with Crippen LogP contribution >= 0.6 is 0 Å². The Morgan fingerprint density at radius 2 is 2.21 bits per heavy atom. The number of aromatic nitrogens is 2. The molecule has 1 fully saturated rings. The van der Waals surface area contributed by atoms with E-state index in [2.05, 4.69) is 20.0 Å². The van der Waals surface area contributed by atoms with Gasteiger partial charge in [0.25, 0.3) is 0 Å². The third kappa shape index (κ3) is 2.93. The van der Waals surface area contributed by atoms with Crippen molar-refractivity contribution >= 4 is 11.7 Å². The van der Waals surface area contributed by atoms with Crippen molar-refractivity contribution < 1.29 is 10.3 Å². The first-order chi connectivity index (χ1) is 9.27. The van der Waals surface area contributed by atoms with Gasteiger partial charge < -0.3 is 20.9 Å². The Labute approximate surface area is 111 Å². The Balaban J connectivity index is 2.33. The first-order valence-electron chi connectivity index (χ1n) is 6.44. The highest BCUT2D eigenvalue weighted by Crippen LogP contribution is 2.26. The summed E-state index contributed by atoms with van der Waals surface area (Å²) in [5.41, 5.74) is 6.03. The molecule has 1 aromatic rings. The molecule has 1 atom stereocenters. The predicted molar refractivity (Wildman–Crippen MR) is 71.2 cm³/mol. The highest BCUT2D eigenvalue weighted by molar-refractivity contribution is 5.99. The molecule has 1 aromatic heterocycles. The fraction of sp³-hybridized carbons (Fsp3) is 0.583. The van der Waals surface area contributed by atoms with Crippen LogP contribution in [0.2, 0.25) is 0 Å². The molecule has 0 amide bonds. The van der Waals surface area contributed by atoms with Crippen LogP contribution in [0.5, 0.6) is 0 Å². The molecule has 2 rings (SSSR count). The van der Waals surface area contributed by atoms with Crippen LogP contribution in [0, 0.1) is 0 Å². The lowest BCUT2D eigenvalue weighted by Gasteiger charge is -2.37. The zero-order chi connectivity index (χ0) is 13.7. The monoisotopic (exact) mass is 265 g/mol. The average Bonchev–Trinajstić information content (AvgIpc) is 2.47. The van der Waals surface area contributed by atoms with Crippen LogP contribution in [0.3, 0.4) is 0 Å². The van der Waals surface area contributed by atoms with Gasteiger partial charge >= 0.3 is 0 Å². The zero-order valence-electron chi connectivity index (χ0n) is 10.7. The first-order valence-corrected chi connectivity index (χ1v) is 6.44. The van der Waals surface area contributed by atoms with E-state index in [1.54, 1.807) is 6.20 Å². The number of nitrogens with two attached hydrogens (primary N) is 1. The van der Waals surface area contributed by atoms with E-state index in [4.69, 9.17) is 16.0 Å². The van der Waals surface area contributed by atoms with Gasteiger partial charge in [-0.3, -0.25) is 0 Å². The summed E-state index contributed by atoms with van der Waals surface area (Å²) in [6.07, 6.45) is 7.00. The fourth-order valence-electron chi connectivity index (χ4n) is 2.50. The van der Waals surface area contributed by atoms with Gasteiger partial charge in [-0.1, -0.05) is 5.16 Å². The van der Waals surface area contributed by atoms with Gasteiger partial charge in [0.1, 0.15) is 0 Å². The Bertz CT molecular complexity index is 450. The largest absolute Gasteiger partial charge is 0.409 e. The van der Waals surface area contributed by atoms with Crippen LogP contribution in [0.25, 0.3) is 0 Å². The summed E-state index contributed by atoms with van der Waals surface area (Å²) in [4.78, 5) is 10.5. The van der Waals surface area contributed by atoms with Crippen LogP contribution in [-0.4, -0.2) is 45.3 Å². The van der Waals surface area contributed by atoms with Crippen LogP contribution < -0.4 is 10.6 Å². The highest BCUT2D eigenvalue weighted by Gasteiger charge is 2.26. The number of oxime groups is 1. The quantitative estimate of drug-likeness (QED) is 0.313. The van der Waals surface area contributed by atoms with Crippen LogP contribution in [0.1, 0.15) is 31.4 Å². The molecular weight excluding hydrogens is 246 g/mol. The van der Waals surface area contributed by atoms with Gasteiger partial charge in [-0.25, -0.2) is 9.97 Å². The summed E-state index contributed by atoms with van der Waals surface area (Å²) in [5.74, 6) is 0.576. The van der Waals surface area contributed by atoms with Gasteiger partial charge in [-0.2, -0.15) is 0 Å². The van der Waals surface area contributed by atoms with E-state index in [0.717, 1.165) is 25.8 Å². The maximum atomic E-state index is 9.16. The summed E-state index contributed by atoms with van der Waals surface area (Å²) >= 11 is 0. The topological polar surface area (TPSA) is 108 Å². The molecule has 1 saturated heterocycles. The average molecular weight is 265 g/mol. The van der Waals surface area contributed by atoms with Gasteiger partial charge in [0, 0.05) is 31.6 Å². The molecule has 1 unspecified atom stereocenters. The summed E-state index contributed by atoms with van der Waals surface area (Å²) in [6, 6.07) is 0.223. The van der Waals surface area contributed by atoms with E-state index < -0.39 is 0 Å². The third-order valence-corrected chi connectivity index (χ3v) is 3.39. The van der Waals surface area contributed by atoms with E-state index in [1.165, 1.54) is 6.20 Å². The molecule has 0 radical (unpaired) electrons. The first kappa shape index (κ1) is 13.5. The number of amidine groups is 1. The normalized spacial score (nSPS) is 20.6. The van der Waals surface area contributed by atoms with Crippen molar-refractivity contribution in [1.29, 1.82) is 0 Å². The minimum atomic E-state index is -0.0450. The van der Waals surface area contributed by atoms with Crippen LogP contribution in [0.15, 0.2) is 17.5 Å². The van der Waals surface area contributed by atoms with Gasteiger partial charge in [-0.05, 0) is 25.7 Å². The van der Waals surface area contributed by atoms with Gasteiger partial charge in [0.15, 0.2) is 17.3 Å². The molecule has 7 heteroatoms. The molecule has 4 N–H and O–H groups in total. The molecule has 1 aliphatic heterocycles. The van der Waals surface area contributed by atoms with E-state index in [9.17, 15) is 0 Å². The number of hydrogen-bond acceptors (Lipinski definition) is 6. The van der Waals surface area contributed by atoms with E-state index >= 15 is 0 Å². The summed E-state index contributed by atoms with van der Waals surface area (Å²) in [6.45, 7) is 0.982. The standard InChI is InChI=1S/C12H19N5O2/c13-11(16-19)10-12(15-6-5-14-10)17-7-2-1-3-9(17)4-8-18/h5-6,9,18-19H,1-4,7-8H2,(H2,13,16). The van der Waals surface area contributed by atoms with E-state index in [-0.39, 0.29) is 18.5 Å². The molecule has 7 nitrogen and oxygen atoms in total. The Morgan fingerprint density at radius 1 is 1.42 bits per heavy atom. The molecule has 104 valence electrons. The van der Waals surface area contributed by atoms with Crippen molar-refractivity contribution in [1.82, 2.24) is 9.97 Å². The van der Waals surface area contributed by atoms with Crippen molar-refractivity contribution in [2.24, 2.45) is 10.9 Å². The van der Waals surface area contributed by atoms with Crippen molar-refractivity contribution in [3.8, 4) is 0 Å². The predicted octanol–water partition coefficient (Wildman–Crippen LogP) is 0.312. The van der Waals surface area contributed by atoms with E-state index in [1.807, 2.05) is 0 Å². The lowest BCUT2D eigenvalue weighted by molar-refractivity contribution is 0.262. The number of aliphatic hydroxyl groups excluding tert-OH is 1. The van der Waals surface area contributed by atoms with E-state index in [0.29, 0.717) is 17.9 Å². The van der Waals surface area contributed by atoms with Gasteiger partial charge in [-0.15, -0.1) is 0 Å². The van der Waals surface area contributed by atoms with Crippen LogP contribution in [-0.2, 0) is 0 Å². The summed E-state index contributed by atoms with van der Waals surface area (Å²) < 4.78 is 0. The minimum absolute atomic E-state index is 0.0450. The van der Waals surface area contributed by atoms with Crippen LogP contribution in [0.4, 0.5) is 5.82 Å². The SMILES string of the molecule is NC(=NO)c1nccnc1N1CCCCC1CCO. The Morgan fingerprint density at radius 3 is 2.95 bits per heavy atom. The number of aliphatic hydroxyl groups is 1. The summed E-state index contributed by atoms with van der Waals surface area (Å²) in [7, 11) is 0. The second kappa shape index (κ2) is 6.33. The smallest absolute Gasteiger partial charge is 0.192 e. The second-order valence-electron chi connectivity index (χ2n) is 4.57. The molecule has 1 aliphatic rings. The van der Waals surface area contributed by atoms with Gasteiger partial charge in [0.2, 0.25) is 0 Å². The molecule has 0 aliphatic carbocycles. The Kier molecular flexibility index (Phi) is 4.51. The Hall–Kier alpha value is -1.89. The third-order valence-electron chi connectivity index (χ3n) is 3.39. The summed E-state index contributed by atoms with van der Waals surface area (Å²) in [5, 5.41) is 21.0. The lowest BCUT2D eigenvalue weighted by Crippen LogP contribution is -2.42. The molecular formula is C12H19N5O2. The molecule has 0 aromatic carbocycles. The molecule has 0 bridgehead atoms. The van der Waals surface area contributed by atoms with Gasteiger partial charge in [0.05, 0.1) is 0 Å². The van der Waals surface area contributed by atoms with Crippen molar-refractivity contribution in [2.45, 2.75) is 31.7 Å². The second-order valence-corrected chi connectivity index (χ2v) is 4.57. The molecule has 2 heterocycles.